The average molecular weight is 192 g/mol. The Morgan fingerprint density at radius 1 is 1.57 bits per heavy atom. The van der Waals surface area contributed by atoms with Crippen LogP contribution in [0.25, 0.3) is 0 Å². The van der Waals surface area contributed by atoms with Gasteiger partial charge in [-0.1, -0.05) is 6.07 Å². The van der Waals surface area contributed by atoms with Gasteiger partial charge in [-0.15, -0.1) is 0 Å². The Balaban J connectivity index is 2.19. The first-order valence-electron chi connectivity index (χ1n) is 4.32. The van der Waals surface area contributed by atoms with Gasteiger partial charge < -0.3 is 10.4 Å². The summed E-state index contributed by atoms with van der Waals surface area (Å²) >= 11 is 0. The molecule has 0 radical (unpaired) electrons. The molecule has 1 aromatic rings. The molecule has 0 amide bonds. The predicted octanol–water partition coefficient (Wildman–Crippen LogP) is 0.812. The molecule has 0 saturated carbocycles. The molecule has 0 saturated heterocycles. The minimum absolute atomic E-state index is 0.681. The lowest BCUT2D eigenvalue weighted by molar-refractivity contribution is -0.131. The second kappa shape index (κ2) is 5.75. The van der Waals surface area contributed by atoms with Gasteiger partial charge in [-0.3, -0.25) is 4.98 Å². The molecule has 14 heavy (non-hydrogen) atoms. The molecule has 0 atom stereocenters. The number of carboxylic acid groups (broad SMARTS) is 1. The highest BCUT2D eigenvalue weighted by atomic mass is 16.4. The summed E-state index contributed by atoms with van der Waals surface area (Å²) in [5.41, 5.74) is 0.990. The quantitative estimate of drug-likeness (QED) is 0.535. The summed E-state index contributed by atoms with van der Waals surface area (Å²) in [6.45, 7) is 0.681. The predicted molar refractivity (Wildman–Crippen MR) is 52.7 cm³/mol. The van der Waals surface area contributed by atoms with E-state index >= 15 is 0 Å². The number of nitrogens with one attached hydrogen (secondary N) is 1. The van der Waals surface area contributed by atoms with Gasteiger partial charge >= 0.3 is 5.97 Å². The van der Waals surface area contributed by atoms with Gasteiger partial charge in [0.1, 0.15) is 0 Å². The van der Waals surface area contributed by atoms with Crippen molar-refractivity contribution in [2.24, 2.45) is 0 Å². The lowest BCUT2D eigenvalue weighted by Gasteiger charge is -1.99. The highest BCUT2D eigenvalue weighted by Crippen LogP contribution is 1.92. The van der Waals surface area contributed by atoms with Crippen molar-refractivity contribution < 1.29 is 9.90 Å². The van der Waals surface area contributed by atoms with Crippen LogP contribution in [0.15, 0.2) is 36.7 Å². The molecule has 0 bridgehead atoms. The van der Waals surface area contributed by atoms with Crippen LogP contribution in [0.2, 0.25) is 0 Å². The second-order valence-corrected chi connectivity index (χ2v) is 2.70. The lowest BCUT2D eigenvalue weighted by Crippen LogP contribution is -2.11. The molecule has 0 spiro atoms. The van der Waals surface area contributed by atoms with Crippen molar-refractivity contribution in [2.45, 2.75) is 6.42 Å². The van der Waals surface area contributed by atoms with Gasteiger partial charge in [-0.25, -0.2) is 4.79 Å². The van der Waals surface area contributed by atoms with Gasteiger partial charge in [-0.05, 0) is 12.1 Å². The van der Waals surface area contributed by atoms with Crippen LogP contribution in [-0.4, -0.2) is 22.6 Å². The molecular formula is C10H12N2O2. The summed E-state index contributed by atoms with van der Waals surface area (Å²) in [6, 6.07) is 5.72. The minimum atomic E-state index is -0.949. The van der Waals surface area contributed by atoms with Crippen LogP contribution in [0.3, 0.4) is 0 Å². The lowest BCUT2D eigenvalue weighted by atomic mass is 10.3. The van der Waals surface area contributed by atoms with Crippen molar-refractivity contribution in [1.29, 1.82) is 0 Å². The summed E-state index contributed by atoms with van der Waals surface area (Å²) in [4.78, 5) is 14.2. The molecule has 0 aromatic carbocycles. The molecule has 0 aliphatic rings. The zero-order valence-electron chi connectivity index (χ0n) is 7.68. The zero-order chi connectivity index (χ0) is 10.2. The van der Waals surface area contributed by atoms with Gasteiger partial charge in [0, 0.05) is 37.1 Å². The van der Waals surface area contributed by atoms with Crippen molar-refractivity contribution in [3.8, 4) is 0 Å². The van der Waals surface area contributed by atoms with E-state index in [1.165, 1.54) is 6.20 Å². The van der Waals surface area contributed by atoms with Gasteiger partial charge in [0.15, 0.2) is 0 Å². The Hall–Kier alpha value is -1.84. The minimum Gasteiger partial charge on any atom is -0.478 e. The Morgan fingerprint density at radius 3 is 3.07 bits per heavy atom. The Labute approximate surface area is 82.3 Å². The highest BCUT2D eigenvalue weighted by molar-refractivity contribution is 5.79. The van der Waals surface area contributed by atoms with E-state index in [9.17, 15) is 4.79 Å². The van der Waals surface area contributed by atoms with Gasteiger partial charge in [0.25, 0.3) is 0 Å². The van der Waals surface area contributed by atoms with E-state index in [-0.39, 0.29) is 0 Å². The third-order valence-electron chi connectivity index (χ3n) is 1.60. The van der Waals surface area contributed by atoms with Gasteiger partial charge in [-0.2, -0.15) is 0 Å². The molecule has 0 unspecified atom stereocenters. The van der Waals surface area contributed by atoms with Gasteiger partial charge in [0.05, 0.1) is 0 Å². The number of aliphatic carboxylic acids is 1. The summed E-state index contributed by atoms with van der Waals surface area (Å²) in [5, 5.41) is 11.2. The van der Waals surface area contributed by atoms with Crippen molar-refractivity contribution >= 4 is 5.97 Å². The van der Waals surface area contributed by atoms with E-state index in [2.05, 4.69) is 10.3 Å². The van der Waals surface area contributed by atoms with Gasteiger partial charge in [0.2, 0.25) is 0 Å². The summed E-state index contributed by atoms with van der Waals surface area (Å²) in [5.74, 6) is -0.949. The van der Waals surface area contributed by atoms with Crippen LogP contribution in [-0.2, 0) is 11.2 Å². The van der Waals surface area contributed by atoms with Crippen molar-refractivity contribution in [1.82, 2.24) is 10.3 Å². The molecule has 0 aliphatic carbocycles. The summed E-state index contributed by atoms with van der Waals surface area (Å²) in [7, 11) is 0. The molecule has 2 N–H and O–H groups in total. The number of carbonyl (C=O) groups is 1. The fraction of sp³-hybridized carbons (Fsp3) is 0.200. The Bertz CT molecular complexity index is 309. The van der Waals surface area contributed by atoms with Crippen molar-refractivity contribution in [3.63, 3.8) is 0 Å². The third-order valence-corrected chi connectivity index (χ3v) is 1.60. The highest BCUT2D eigenvalue weighted by Gasteiger charge is 1.90. The van der Waals surface area contributed by atoms with Crippen LogP contribution in [0.4, 0.5) is 0 Å². The fourth-order valence-corrected chi connectivity index (χ4v) is 0.960. The average Bonchev–Trinajstić information content (AvgIpc) is 2.18. The molecule has 1 heterocycles. The van der Waals surface area contributed by atoms with Crippen LogP contribution < -0.4 is 5.32 Å². The molecular weight excluding hydrogens is 180 g/mol. The van der Waals surface area contributed by atoms with Crippen LogP contribution in [0.5, 0.6) is 0 Å². The zero-order valence-corrected chi connectivity index (χ0v) is 7.68. The molecule has 1 aromatic heterocycles. The molecule has 0 fully saturated rings. The third kappa shape index (κ3) is 4.25. The number of carboxylic acids is 1. The summed E-state index contributed by atoms with van der Waals surface area (Å²) < 4.78 is 0. The number of nitrogens with zero attached hydrogens (tertiary/aromatic N) is 1. The fourth-order valence-electron chi connectivity index (χ4n) is 0.960. The number of aromatic nitrogens is 1. The molecule has 4 heteroatoms. The monoisotopic (exact) mass is 192 g/mol. The number of pyridine rings is 1. The first-order valence-corrected chi connectivity index (χ1v) is 4.32. The Kier molecular flexibility index (Phi) is 4.20. The maximum atomic E-state index is 10.1. The maximum absolute atomic E-state index is 10.1. The normalized spacial score (nSPS) is 10.3. The smallest absolute Gasteiger partial charge is 0.329 e. The summed E-state index contributed by atoms with van der Waals surface area (Å²) in [6.07, 6.45) is 5.01. The standard InChI is InChI=1S/C10H12N2O2/c13-10(14)5-8-11-7-4-9-3-1-2-6-12-9/h1-3,5-6,8,11H,4,7H2,(H,13,14)/b8-5+. The topological polar surface area (TPSA) is 62.2 Å². The van der Waals surface area contributed by atoms with Crippen molar-refractivity contribution in [2.75, 3.05) is 6.54 Å². The van der Waals surface area contributed by atoms with Crippen LogP contribution in [0.1, 0.15) is 5.69 Å². The van der Waals surface area contributed by atoms with E-state index in [0.29, 0.717) is 6.54 Å². The largest absolute Gasteiger partial charge is 0.478 e. The first-order chi connectivity index (χ1) is 6.79. The van der Waals surface area contributed by atoms with Crippen molar-refractivity contribution in [3.05, 3.63) is 42.4 Å². The van der Waals surface area contributed by atoms with E-state index in [4.69, 9.17) is 5.11 Å². The van der Waals surface area contributed by atoms with E-state index in [1.807, 2.05) is 18.2 Å². The Morgan fingerprint density at radius 2 is 2.43 bits per heavy atom. The van der Waals surface area contributed by atoms with Crippen LogP contribution >= 0.6 is 0 Å². The molecule has 0 aliphatic heterocycles. The molecule has 4 nitrogen and oxygen atoms in total. The number of rotatable bonds is 5. The number of hydrogen-bond donors (Lipinski definition) is 2. The van der Waals surface area contributed by atoms with Crippen LogP contribution in [0, 0.1) is 0 Å². The number of hydrogen-bond acceptors (Lipinski definition) is 3. The first kappa shape index (κ1) is 10.2. The van der Waals surface area contributed by atoms with E-state index < -0.39 is 5.97 Å². The molecule has 74 valence electrons. The van der Waals surface area contributed by atoms with E-state index in [0.717, 1.165) is 18.2 Å². The van der Waals surface area contributed by atoms with E-state index in [1.54, 1.807) is 6.20 Å². The SMILES string of the molecule is O=C(O)/C=C/NCCc1ccccn1. The second-order valence-electron chi connectivity index (χ2n) is 2.70. The maximum Gasteiger partial charge on any atom is 0.329 e. The molecule has 1 rings (SSSR count).